The molecule has 0 fully saturated rings. The number of aryl methyl sites for hydroxylation is 1. The minimum Gasteiger partial charge on any atom is -0.507 e. The Balaban J connectivity index is 2.56. The third-order valence-corrected chi connectivity index (χ3v) is 2.97. The molecule has 1 atom stereocenters. The van der Waals surface area contributed by atoms with E-state index in [0.29, 0.717) is 5.75 Å². The van der Waals surface area contributed by atoms with Crippen LogP contribution in [0, 0.1) is 0 Å². The SMILES string of the molecule is NC1CCc2cc(O)c(Br)cc21. The second-order valence-electron chi connectivity index (χ2n) is 3.15. The first-order valence-corrected chi connectivity index (χ1v) is 4.74. The summed E-state index contributed by atoms with van der Waals surface area (Å²) >= 11 is 3.27. The van der Waals surface area contributed by atoms with E-state index in [1.165, 1.54) is 11.1 Å². The molecule has 0 bridgehead atoms. The van der Waals surface area contributed by atoms with E-state index in [2.05, 4.69) is 15.9 Å². The summed E-state index contributed by atoms with van der Waals surface area (Å²) in [5, 5.41) is 9.38. The van der Waals surface area contributed by atoms with Crippen molar-refractivity contribution in [3.05, 3.63) is 27.7 Å². The Bertz CT molecular complexity index is 325. The molecule has 64 valence electrons. The number of phenolic OH excluding ortho intramolecular Hbond substituents is 1. The quantitative estimate of drug-likeness (QED) is 0.714. The van der Waals surface area contributed by atoms with Crippen molar-refractivity contribution in [2.75, 3.05) is 0 Å². The molecule has 2 rings (SSSR count). The lowest BCUT2D eigenvalue weighted by Crippen LogP contribution is -2.04. The minimum atomic E-state index is 0.150. The zero-order valence-corrected chi connectivity index (χ0v) is 8.13. The summed E-state index contributed by atoms with van der Waals surface area (Å²) in [6.07, 6.45) is 1.97. The van der Waals surface area contributed by atoms with Crippen LogP contribution in [0.2, 0.25) is 0 Å². The Morgan fingerprint density at radius 2 is 2.25 bits per heavy atom. The topological polar surface area (TPSA) is 46.2 Å². The first kappa shape index (κ1) is 8.08. The van der Waals surface area contributed by atoms with Crippen molar-refractivity contribution >= 4 is 15.9 Å². The molecule has 12 heavy (non-hydrogen) atoms. The summed E-state index contributed by atoms with van der Waals surface area (Å²) in [6, 6.07) is 3.87. The zero-order chi connectivity index (χ0) is 8.72. The van der Waals surface area contributed by atoms with Gasteiger partial charge in [0.2, 0.25) is 0 Å². The average Bonchev–Trinajstić information content (AvgIpc) is 2.35. The monoisotopic (exact) mass is 227 g/mol. The standard InChI is InChI=1S/C9H10BrNO/c10-7-4-6-5(3-9(7)12)1-2-8(6)11/h3-4,8,12H,1-2,11H2. The van der Waals surface area contributed by atoms with E-state index in [-0.39, 0.29) is 6.04 Å². The van der Waals surface area contributed by atoms with Gasteiger partial charge >= 0.3 is 0 Å². The van der Waals surface area contributed by atoms with Crippen LogP contribution < -0.4 is 5.73 Å². The predicted molar refractivity (Wildman–Crippen MR) is 51.1 cm³/mol. The molecular formula is C9H10BrNO. The van der Waals surface area contributed by atoms with E-state index in [1.54, 1.807) is 6.07 Å². The summed E-state index contributed by atoms with van der Waals surface area (Å²) in [6.45, 7) is 0. The minimum absolute atomic E-state index is 0.150. The summed E-state index contributed by atoms with van der Waals surface area (Å²) in [5.41, 5.74) is 8.21. The molecule has 1 aliphatic carbocycles. The van der Waals surface area contributed by atoms with Crippen molar-refractivity contribution in [2.24, 2.45) is 5.73 Å². The van der Waals surface area contributed by atoms with Gasteiger partial charge in [0.05, 0.1) is 4.47 Å². The van der Waals surface area contributed by atoms with Crippen LogP contribution in [0.25, 0.3) is 0 Å². The molecular weight excluding hydrogens is 218 g/mol. The smallest absolute Gasteiger partial charge is 0.130 e. The number of aromatic hydroxyl groups is 1. The summed E-state index contributed by atoms with van der Waals surface area (Å²) < 4.78 is 0.735. The molecule has 2 nitrogen and oxygen atoms in total. The Labute approximate surface area is 79.5 Å². The average molecular weight is 228 g/mol. The van der Waals surface area contributed by atoms with Gasteiger partial charge in [0, 0.05) is 6.04 Å². The number of rotatable bonds is 0. The lowest BCUT2D eigenvalue weighted by molar-refractivity contribution is 0.471. The second kappa shape index (κ2) is 2.75. The number of hydrogen-bond acceptors (Lipinski definition) is 2. The lowest BCUT2D eigenvalue weighted by atomic mass is 10.1. The number of fused-ring (bicyclic) bond motifs is 1. The molecule has 0 saturated carbocycles. The molecule has 0 aromatic heterocycles. The van der Waals surface area contributed by atoms with Gasteiger partial charge in [-0.2, -0.15) is 0 Å². The Morgan fingerprint density at radius 3 is 3.00 bits per heavy atom. The fourth-order valence-corrected chi connectivity index (χ4v) is 2.01. The Morgan fingerprint density at radius 1 is 1.50 bits per heavy atom. The molecule has 3 heteroatoms. The Kier molecular flexibility index (Phi) is 1.85. The van der Waals surface area contributed by atoms with E-state index in [4.69, 9.17) is 5.73 Å². The molecule has 1 unspecified atom stereocenters. The van der Waals surface area contributed by atoms with Gasteiger partial charge in [-0.1, -0.05) is 0 Å². The van der Waals surface area contributed by atoms with E-state index >= 15 is 0 Å². The molecule has 0 spiro atoms. The molecule has 3 N–H and O–H groups in total. The van der Waals surface area contributed by atoms with E-state index in [1.807, 2.05) is 6.07 Å². The van der Waals surface area contributed by atoms with Crippen molar-refractivity contribution < 1.29 is 5.11 Å². The van der Waals surface area contributed by atoms with E-state index in [0.717, 1.165) is 17.3 Å². The largest absolute Gasteiger partial charge is 0.507 e. The van der Waals surface area contributed by atoms with Crippen LogP contribution in [0.15, 0.2) is 16.6 Å². The van der Waals surface area contributed by atoms with Gasteiger partial charge in [0.1, 0.15) is 5.75 Å². The normalized spacial score (nSPS) is 21.0. The van der Waals surface area contributed by atoms with Crippen LogP contribution in [0.3, 0.4) is 0 Å². The van der Waals surface area contributed by atoms with Crippen LogP contribution in [-0.4, -0.2) is 5.11 Å². The van der Waals surface area contributed by atoms with Gasteiger partial charge in [-0.3, -0.25) is 0 Å². The fourth-order valence-electron chi connectivity index (χ4n) is 1.65. The van der Waals surface area contributed by atoms with Crippen molar-refractivity contribution in [3.63, 3.8) is 0 Å². The Hall–Kier alpha value is -0.540. The van der Waals surface area contributed by atoms with Gasteiger partial charge in [-0.25, -0.2) is 0 Å². The van der Waals surface area contributed by atoms with Crippen LogP contribution in [-0.2, 0) is 6.42 Å². The van der Waals surface area contributed by atoms with Crippen molar-refractivity contribution in [1.82, 2.24) is 0 Å². The highest BCUT2D eigenvalue weighted by molar-refractivity contribution is 9.10. The molecule has 0 aliphatic heterocycles. The van der Waals surface area contributed by atoms with Gasteiger partial charge in [-0.05, 0) is 52.0 Å². The summed E-state index contributed by atoms with van der Waals surface area (Å²) in [4.78, 5) is 0. The van der Waals surface area contributed by atoms with Crippen molar-refractivity contribution in [1.29, 1.82) is 0 Å². The van der Waals surface area contributed by atoms with E-state index in [9.17, 15) is 5.11 Å². The van der Waals surface area contributed by atoms with Crippen LogP contribution in [0.4, 0.5) is 0 Å². The van der Waals surface area contributed by atoms with Gasteiger partial charge < -0.3 is 10.8 Å². The molecule has 0 radical (unpaired) electrons. The molecule has 1 aromatic carbocycles. The number of nitrogens with two attached hydrogens (primary N) is 1. The highest BCUT2D eigenvalue weighted by Crippen LogP contribution is 2.36. The second-order valence-corrected chi connectivity index (χ2v) is 4.00. The maximum absolute atomic E-state index is 9.38. The maximum Gasteiger partial charge on any atom is 0.130 e. The summed E-state index contributed by atoms with van der Waals surface area (Å²) in [7, 11) is 0. The molecule has 0 heterocycles. The highest BCUT2D eigenvalue weighted by atomic mass is 79.9. The molecule has 1 aromatic rings. The van der Waals surface area contributed by atoms with Gasteiger partial charge in [-0.15, -0.1) is 0 Å². The third-order valence-electron chi connectivity index (χ3n) is 2.33. The first-order chi connectivity index (χ1) is 5.68. The van der Waals surface area contributed by atoms with Crippen LogP contribution in [0.5, 0.6) is 5.75 Å². The van der Waals surface area contributed by atoms with Gasteiger partial charge in [0.25, 0.3) is 0 Å². The maximum atomic E-state index is 9.38. The lowest BCUT2D eigenvalue weighted by Gasteiger charge is -2.05. The van der Waals surface area contributed by atoms with Gasteiger partial charge in [0.15, 0.2) is 0 Å². The van der Waals surface area contributed by atoms with Crippen LogP contribution >= 0.6 is 15.9 Å². The van der Waals surface area contributed by atoms with E-state index < -0.39 is 0 Å². The van der Waals surface area contributed by atoms with Crippen molar-refractivity contribution in [3.8, 4) is 5.75 Å². The number of halogens is 1. The van der Waals surface area contributed by atoms with Crippen molar-refractivity contribution in [2.45, 2.75) is 18.9 Å². The molecule has 0 saturated heterocycles. The third kappa shape index (κ3) is 1.13. The highest BCUT2D eigenvalue weighted by Gasteiger charge is 2.20. The predicted octanol–water partition coefficient (Wildman–Crippen LogP) is 2.10. The fraction of sp³-hybridized carbons (Fsp3) is 0.333. The molecule has 0 amide bonds. The number of hydrogen-bond donors (Lipinski definition) is 2. The molecule has 1 aliphatic rings. The zero-order valence-electron chi connectivity index (χ0n) is 6.55. The summed E-state index contributed by atoms with van der Waals surface area (Å²) in [5.74, 6) is 0.308. The first-order valence-electron chi connectivity index (χ1n) is 3.95. The number of benzene rings is 1. The number of phenols is 1. The van der Waals surface area contributed by atoms with Crippen LogP contribution in [0.1, 0.15) is 23.6 Å².